The Morgan fingerprint density at radius 2 is 1.50 bits per heavy atom. The molecule has 1 fully saturated rings. The van der Waals surface area contributed by atoms with Crippen LogP contribution in [0.4, 0.5) is 23.7 Å². The van der Waals surface area contributed by atoms with Crippen molar-refractivity contribution in [2.45, 2.75) is 64.9 Å². The molecule has 0 bridgehead atoms. The number of amides is 2. The summed E-state index contributed by atoms with van der Waals surface area (Å²) in [6.07, 6.45) is -3.15. The minimum absolute atomic E-state index is 0.0214. The number of nitrogens with zero attached hydrogens (tertiary/aromatic N) is 4. The van der Waals surface area contributed by atoms with Gasteiger partial charge in [-0.25, -0.2) is 4.79 Å². The first-order chi connectivity index (χ1) is 19.6. The van der Waals surface area contributed by atoms with E-state index in [4.69, 9.17) is 10.00 Å². The maximum atomic E-state index is 14.1. The van der Waals surface area contributed by atoms with E-state index in [0.717, 1.165) is 21.7 Å². The first-order valence-corrected chi connectivity index (χ1v) is 14.0. The van der Waals surface area contributed by atoms with E-state index in [-0.39, 0.29) is 24.0 Å². The molecule has 1 N–H and O–H groups in total. The Labute approximate surface area is 246 Å². The summed E-state index contributed by atoms with van der Waals surface area (Å²) < 4.78 is 47.9. The summed E-state index contributed by atoms with van der Waals surface area (Å²) in [5.41, 5.74) is 2.02. The molecule has 1 heterocycles. The van der Waals surface area contributed by atoms with Crippen LogP contribution in [0.25, 0.3) is 11.1 Å². The maximum absolute atomic E-state index is 14.1. The standard InChI is InChI=1S/C31H40F3N5O3/c1-21(2)19-26(28(40)37(6)20-35)36-27(31(32,33)34)24-9-7-22(8-10-24)23-11-13-25(14-12-23)38-15-17-39(18-16-38)29(41)42-30(3,4)5/h7-14,21,26-27,36H,15-19H2,1-6H3. The maximum Gasteiger partial charge on any atom is 0.410 e. The van der Waals surface area contributed by atoms with Gasteiger partial charge in [-0.05, 0) is 61.9 Å². The molecule has 3 rings (SSSR count). The van der Waals surface area contributed by atoms with Crippen molar-refractivity contribution in [3.05, 3.63) is 54.1 Å². The number of benzene rings is 2. The molecule has 0 aromatic heterocycles. The Bertz CT molecular complexity index is 1240. The van der Waals surface area contributed by atoms with Gasteiger partial charge in [0.05, 0.1) is 6.04 Å². The van der Waals surface area contributed by atoms with E-state index in [9.17, 15) is 22.8 Å². The highest BCUT2D eigenvalue weighted by Crippen LogP contribution is 2.35. The van der Waals surface area contributed by atoms with Gasteiger partial charge in [-0.15, -0.1) is 0 Å². The number of hydrogen-bond acceptors (Lipinski definition) is 6. The van der Waals surface area contributed by atoms with E-state index >= 15 is 0 Å². The predicted octanol–water partition coefficient (Wildman–Crippen LogP) is 5.96. The number of hydrogen-bond donors (Lipinski definition) is 1. The number of carbonyl (C=O) groups is 2. The van der Waals surface area contributed by atoms with Gasteiger partial charge in [-0.2, -0.15) is 18.4 Å². The number of anilines is 1. The zero-order valence-electron chi connectivity index (χ0n) is 25.0. The van der Waals surface area contributed by atoms with Crippen LogP contribution in [0, 0.1) is 17.4 Å². The van der Waals surface area contributed by atoms with Gasteiger partial charge in [0.25, 0.3) is 5.91 Å². The number of alkyl halides is 3. The van der Waals surface area contributed by atoms with Crippen molar-refractivity contribution >= 4 is 17.7 Å². The van der Waals surface area contributed by atoms with Gasteiger partial charge in [-0.3, -0.25) is 15.0 Å². The predicted molar refractivity (Wildman–Crippen MR) is 155 cm³/mol. The lowest BCUT2D eigenvalue weighted by atomic mass is 9.97. The normalized spacial score (nSPS) is 15.6. The molecule has 2 atom stereocenters. The van der Waals surface area contributed by atoms with E-state index in [1.807, 2.05) is 45.0 Å². The molecular formula is C31H40F3N5O3. The van der Waals surface area contributed by atoms with E-state index in [1.165, 1.54) is 19.2 Å². The number of nitrogens with one attached hydrogen (secondary N) is 1. The van der Waals surface area contributed by atoms with Crippen LogP contribution >= 0.6 is 0 Å². The molecule has 8 nitrogen and oxygen atoms in total. The molecule has 0 radical (unpaired) electrons. The van der Waals surface area contributed by atoms with Gasteiger partial charge in [0.2, 0.25) is 0 Å². The fourth-order valence-corrected chi connectivity index (χ4v) is 4.78. The fourth-order valence-electron chi connectivity index (χ4n) is 4.78. The van der Waals surface area contributed by atoms with E-state index in [0.29, 0.717) is 26.2 Å². The Balaban J connectivity index is 1.70. The van der Waals surface area contributed by atoms with Crippen LogP contribution in [-0.2, 0) is 9.53 Å². The van der Waals surface area contributed by atoms with Crippen molar-refractivity contribution in [1.82, 2.24) is 15.1 Å². The van der Waals surface area contributed by atoms with Crippen molar-refractivity contribution in [2.24, 2.45) is 5.92 Å². The molecule has 1 aliphatic rings. The summed E-state index contributed by atoms with van der Waals surface area (Å²) in [6, 6.07) is 10.6. The molecule has 0 aliphatic carbocycles. The average Bonchev–Trinajstić information content (AvgIpc) is 2.93. The smallest absolute Gasteiger partial charge is 0.410 e. The summed E-state index contributed by atoms with van der Waals surface area (Å²) in [5, 5.41) is 11.6. The molecule has 228 valence electrons. The Morgan fingerprint density at radius 3 is 1.95 bits per heavy atom. The Morgan fingerprint density at radius 1 is 0.976 bits per heavy atom. The lowest BCUT2D eigenvalue weighted by Crippen LogP contribution is -2.50. The highest BCUT2D eigenvalue weighted by atomic mass is 19.4. The first-order valence-electron chi connectivity index (χ1n) is 14.0. The van der Waals surface area contributed by atoms with Crippen LogP contribution in [-0.4, -0.2) is 72.8 Å². The van der Waals surface area contributed by atoms with Crippen LogP contribution in [0.2, 0.25) is 0 Å². The number of rotatable bonds is 8. The Kier molecular flexibility index (Phi) is 10.5. The van der Waals surface area contributed by atoms with Crippen LogP contribution in [0.3, 0.4) is 0 Å². The summed E-state index contributed by atoms with van der Waals surface area (Å²) in [5.74, 6) is -0.768. The van der Waals surface area contributed by atoms with Crippen molar-refractivity contribution in [1.29, 1.82) is 5.26 Å². The zero-order valence-corrected chi connectivity index (χ0v) is 25.0. The first kappa shape index (κ1) is 32.7. The molecule has 0 saturated carbocycles. The second-order valence-electron chi connectivity index (χ2n) is 11.9. The highest BCUT2D eigenvalue weighted by Gasteiger charge is 2.43. The fraction of sp³-hybridized carbons (Fsp3) is 0.516. The van der Waals surface area contributed by atoms with Gasteiger partial charge in [0, 0.05) is 38.9 Å². The number of carbonyl (C=O) groups excluding carboxylic acids is 2. The third-order valence-corrected chi connectivity index (χ3v) is 6.92. The van der Waals surface area contributed by atoms with Gasteiger partial charge >= 0.3 is 12.3 Å². The summed E-state index contributed by atoms with van der Waals surface area (Å²) in [4.78, 5) is 29.6. The molecule has 2 aromatic carbocycles. The molecule has 1 aliphatic heterocycles. The van der Waals surface area contributed by atoms with Gasteiger partial charge < -0.3 is 14.5 Å². The second kappa shape index (κ2) is 13.5. The number of halogens is 3. The lowest BCUT2D eigenvalue weighted by molar-refractivity contribution is -0.162. The minimum Gasteiger partial charge on any atom is -0.444 e. The number of ether oxygens (including phenoxy) is 1. The molecule has 2 unspecified atom stereocenters. The molecule has 11 heteroatoms. The van der Waals surface area contributed by atoms with Gasteiger partial charge in [0.1, 0.15) is 11.6 Å². The molecular weight excluding hydrogens is 547 g/mol. The molecule has 2 amide bonds. The van der Waals surface area contributed by atoms with E-state index < -0.39 is 29.8 Å². The average molecular weight is 588 g/mol. The van der Waals surface area contributed by atoms with Crippen molar-refractivity contribution < 1.29 is 27.5 Å². The van der Waals surface area contributed by atoms with Gasteiger partial charge in [0.15, 0.2) is 6.19 Å². The number of nitriles is 1. The van der Waals surface area contributed by atoms with E-state index in [1.54, 1.807) is 37.1 Å². The second-order valence-corrected chi connectivity index (χ2v) is 11.9. The largest absolute Gasteiger partial charge is 0.444 e. The highest BCUT2D eigenvalue weighted by molar-refractivity contribution is 5.83. The van der Waals surface area contributed by atoms with Crippen LogP contribution in [0.5, 0.6) is 0 Å². The Hall–Kier alpha value is -3.78. The van der Waals surface area contributed by atoms with Crippen molar-refractivity contribution in [3.8, 4) is 17.3 Å². The lowest BCUT2D eigenvalue weighted by Gasteiger charge is -2.36. The third-order valence-electron chi connectivity index (χ3n) is 6.92. The van der Waals surface area contributed by atoms with E-state index in [2.05, 4.69) is 10.2 Å². The monoisotopic (exact) mass is 587 g/mol. The summed E-state index contributed by atoms with van der Waals surface area (Å²) in [7, 11) is 1.24. The van der Waals surface area contributed by atoms with Crippen molar-refractivity contribution in [3.63, 3.8) is 0 Å². The van der Waals surface area contributed by atoms with Crippen LogP contribution in [0.15, 0.2) is 48.5 Å². The summed E-state index contributed by atoms with van der Waals surface area (Å²) >= 11 is 0. The summed E-state index contributed by atoms with van der Waals surface area (Å²) in [6.45, 7) is 11.5. The quantitative estimate of drug-likeness (QED) is 0.303. The number of likely N-dealkylation sites (N-methyl/N-ethyl adjacent to an activating group) is 1. The zero-order chi connectivity index (χ0) is 31.2. The topological polar surface area (TPSA) is 88.9 Å². The molecule has 0 spiro atoms. The molecule has 1 saturated heterocycles. The number of piperazine rings is 1. The minimum atomic E-state index is -4.66. The SMILES string of the molecule is CC(C)CC(NC(c1ccc(-c2ccc(N3CCN(C(=O)OC(C)(C)C)CC3)cc2)cc1)C(F)(F)F)C(=O)N(C)C#N. The third kappa shape index (κ3) is 8.86. The molecule has 2 aromatic rings. The van der Waals surface area contributed by atoms with Gasteiger partial charge in [-0.1, -0.05) is 50.2 Å². The molecule has 42 heavy (non-hydrogen) atoms. The van der Waals surface area contributed by atoms with Crippen molar-refractivity contribution in [2.75, 3.05) is 38.1 Å². The van der Waals surface area contributed by atoms with Crippen LogP contribution in [0.1, 0.15) is 52.6 Å². The van der Waals surface area contributed by atoms with Crippen LogP contribution < -0.4 is 10.2 Å².